The third-order valence-electron chi connectivity index (χ3n) is 2.45. The second kappa shape index (κ2) is 3.15. The van der Waals surface area contributed by atoms with Gasteiger partial charge in [0.05, 0.1) is 11.7 Å². The van der Waals surface area contributed by atoms with Crippen LogP contribution in [0.3, 0.4) is 0 Å². The fraction of sp³-hybridized carbons (Fsp3) is 0.667. The molecule has 1 atom stereocenters. The third-order valence-corrected chi connectivity index (χ3v) is 3.52. The van der Waals surface area contributed by atoms with E-state index in [4.69, 9.17) is 5.73 Å². The number of thiazole rings is 1. The average molecular weight is 182 g/mol. The lowest BCUT2D eigenvalue weighted by atomic mass is 9.83. The number of nitrogens with two attached hydrogens (primary N) is 1. The molecule has 0 amide bonds. The summed E-state index contributed by atoms with van der Waals surface area (Å²) in [7, 11) is 0. The zero-order valence-electron chi connectivity index (χ0n) is 7.29. The monoisotopic (exact) mass is 182 g/mol. The molecule has 1 heterocycles. The average Bonchev–Trinajstić information content (AvgIpc) is 2.32. The normalized spacial score (nSPS) is 20.5. The van der Waals surface area contributed by atoms with Crippen molar-refractivity contribution in [2.75, 3.05) is 0 Å². The second-order valence-corrected chi connectivity index (χ2v) is 4.42. The summed E-state index contributed by atoms with van der Waals surface area (Å²) in [5.41, 5.74) is 7.01. The van der Waals surface area contributed by atoms with E-state index in [9.17, 15) is 0 Å². The highest BCUT2D eigenvalue weighted by Crippen LogP contribution is 2.36. The first-order valence-corrected chi connectivity index (χ1v) is 5.36. The maximum absolute atomic E-state index is 5.73. The minimum atomic E-state index is 0.101. The second-order valence-electron chi connectivity index (χ2n) is 3.53. The summed E-state index contributed by atoms with van der Waals surface area (Å²) in [6, 6.07) is 0.101. The van der Waals surface area contributed by atoms with E-state index in [-0.39, 0.29) is 6.04 Å². The van der Waals surface area contributed by atoms with E-state index in [2.05, 4.69) is 10.4 Å². The molecule has 0 bridgehead atoms. The van der Waals surface area contributed by atoms with E-state index in [1.807, 2.05) is 6.92 Å². The van der Waals surface area contributed by atoms with Crippen LogP contribution in [-0.4, -0.2) is 4.98 Å². The van der Waals surface area contributed by atoms with Gasteiger partial charge in [0, 0.05) is 11.3 Å². The van der Waals surface area contributed by atoms with E-state index in [1.165, 1.54) is 25.0 Å². The molecule has 0 spiro atoms. The van der Waals surface area contributed by atoms with Gasteiger partial charge in [-0.15, -0.1) is 11.3 Å². The summed E-state index contributed by atoms with van der Waals surface area (Å²) in [5, 5.41) is 3.25. The molecule has 2 rings (SSSR count). The maximum Gasteiger partial charge on any atom is 0.109 e. The van der Waals surface area contributed by atoms with Crippen molar-refractivity contribution in [1.29, 1.82) is 0 Å². The number of nitrogens with zero attached hydrogens (tertiary/aromatic N) is 1. The molecule has 0 aromatic carbocycles. The number of rotatable bonds is 2. The minimum absolute atomic E-state index is 0.101. The lowest BCUT2D eigenvalue weighted by molar-refractivity contribution is 0.412. The molecule has 2 N–H and O–H groups in total. The third kappa shape index (κ3) is 1.39. The molecule has 1 unspecified atom stereocenters. The summed E-state index contributed by atoms with van der Waals surface area (Å²) in [4.78, 5) is 4.53. The van der Waals surface area contributed by atoms with Crippen molar-refractivity contribution < 1.29 is 0 Å². The van der Waals surface area contributed by atoms with Crippen LogP contribution in [0.4, 0.5) is 0 Å². The van der Waals surface area contributed by atoms with Crippen molar-refractivity contribution >= 4 is 11.3 Å². The summed E-state index contributed by atoms with van der Waals surface area (Å²) in [6.07, 6.45) is 4.01. The van der Waals surface area contributed by atoms with E-state index >= 15 is 0 Å². The topological polar surface area (TPSA) is 38.9 Å². The van der Waals surface area contributed by atoms with Crippen LogP contribution >= 0.6 is 11.3 Å². The van der Waals surface area contributed by atoms with Crippen LogP contribution in [0.1, 0.15) is 48.8 Å². The summed E-state index contributed by atoms with van der Waals surface area (Å²) < 4.78 is 0. The number of hydrogen-bond donors (Lipinski definition) is 1. The standard InChI is InChI=1S/C9H14N2S/c1-6(10)9-11-8(5-12-9)7-3-2-4-7/h5-7H,2-4,10H2,1H3. The highest BCUT2D eigenvalue weighted by Gasteiger charge is 2.22. The number of aromatic nitrogens is 1. The highest BCUT2D eigenvalue weighted by atomic mass is 32.1. The van der Waals surface area contributed by atoms with Gasteiger partial charge < -0.3 is 5.73 Å². The molecule has 0 aliphatic heterocycles. The van der Waals surface area contributed by atoms with Crippen LogP contribution in [0.15, 0.2) is 5.38 Å². The largest absolute Gasteiger partial charge is 0.322 e. The van der Waals surface area contributed by atoms with Gasteiger partial charge in [-0.25, -0.2) is 4.98 Å². The molecule has 1 aliphatic rings. The van der Waals surface area contributed by atoms with Crippen LogP contribution in [0.25, 0.3) is 0 Å². The molecular weight excluding hydrogens is 168 g/mol. The molecule has 0 saturated heterocycles. The van der Waals surface area contributed by atoms with Gasteiger partial charge in [0.1, 0.15) is 5.01 Å². The Bertz CT molecular complexity index is 263. The molecule has 3 heteroatoms. The van der Waals surface area contributed by atoms with Crippen LogP contribution in [0, 0.1) is 0 Å². The predicted molar refractivity (Wildman–Crippen MR) is 51.3 cm³/mol. The molecular formula is C9H14N2S. The molecule has 1 aliphatic carbocycles. The minimum Gasteiger partial charge on any atom is -0.322 e. The van der Waals surface area contributed by atoms with Gasteiger partial charge in [-0.1, -0.05) is 6.42 Å². The lowest BCUT2D eigenvalue weighted by Gasteiger charge is -2.23. The zero-order chi connectivity index (χ0) is 8.55. The van der Waals surface area contributed by atoms with Crippen LogP contribution in [0.5, 0.6) is 0 Å². The van der Waals surface area contributed by atoms with Crippen molar-refractivity contribution in [1.82, 2.24) is 4.98 Å². The van der Waals surface area contributed by atoms with Gasteiger partial charge in [0.2, 0.25) is 0 Å². The van der Waals surface area contributed by atoms with Gasteiger partial charge in [-0.2, -0.15) is 0 Å². The van der Waals surface area contributed by atoms with E-state index in [1.54, 1.807) is 11.3 Å². The molecule has 1 saturated carbocycles. The summed E-state index contributed by atoms with van der Waals surface area (Å²) in [5.74, 6) is 0.744. The summed E-state index contributed by atoms with van der Waals surface area (Å²) in [6.45, 7) is 1.99. The van der Waals surface area contributed by atoms with Gasteiger partial charge >= 0.3 is 0 Å². The molecule has 0 radical (unpaired) electrons. The zero-order valence-corrected chi connectivity index (χ0v) is 8.10. The first-order chi connectivity index (χ1) is 5.77. The fourth-order valence-corrected chi connectivity index (χ4v) is 2.26. The van der Waals surface area contributed by atoms with E-state index in [0.29, 0.717) is 0 Å². The molecule has 1 fully saturated rings. The first kappa shape index (κ1) is 8.20. The number of hydrogen-bond acceptors (Lipinski definition) is 3. The lowest BCUT2D eigenvalue weighted by Crippen LogP contribution is -2.10. The fourth-order valence-electron chi connectivity index (χ4n) is 1.40. The highest BCUT2D eigenvalue weighted by molar-refractivity contribution is 7.09. The SMILES string of the molecule is CC(N)c1nc(C2CCC2)cs1. The van der Waals surface area contributed by atoms with Crippen LogP contribution < -0.4 is 5.73 Å². The maximum atomic E-state index is 5.73. The van der Waals surface area contributed by atoms with Gasteiger partial charge in [-0.3, -0.25) is 0 Å². The Morgan fingerprint density at radius 1 is 1.67 bits per heavy atom. The molecule has 66 valence electrons. The van der Waals surface area contributed by atoms with Crippen molar-refractivity contribution in [3.8, 4) is 0 Å². The van der Waals surface area contributed by atoms with Gasteiger partial charge in [0.15, 0.2) is 0 Å². The Labute approximate surface area is 76.8 Å². The van der Waals surface area contributed by atoms with Crippen molar-refractivity contribution in [3.05, 3.63) is 16.1 Å². The molecule has 12 heavy (non-hydrogen) atoms. The van der Waals surface area contributed by atoms with Crippen LogP contribution in [0.2, 0.25) is 0 Å². The Hall–Kier alpha value is -0.410. The Kier molecular flexibility index (Phi) is 2.15. The predicted octanol–water partition coefficient (Wildman–Crippen LogP) is 2.43. The van der Waals surface area contributed by atoms with Crippen molar-refractivity contribution in [3.63, 3.8) is 0 Å². The van der Waals surface area contributed by atoms with E-state index in [0.717, 1.165) is 10.9 Å². The van der Waals surface area contributed by atoms with Gasteiger partial charge in [0.25, 0.3) is 0 Å². The van der Waals surface area contributed by atoms with Crippen molar-refractivity contribution in [2.24, 2.45) is 5.73 Å². The van der Waals surface area contributed by atoms with Crippen molar-refractivity contribution in [2.45, 2.75) is 38.1 Å². The molecule has 2 nitrogen and oxygen atoms in total. The Balaban J connectivity index is 2.12. The van der Waals surface area contributed by atoms with Gasteiger partial charge in [-0.05, 0) is 19.8 Å². The Morgan fingerprint density at radius 2 is 2.42 bits per heavy atom. The summed E-state index contributed by atoms with van der Waals surface area (Å²) >= 11 is 1.70. The first-order valence-electron chi connectivity index (χ1n) is 4.48. The Morgan fingerprint density at radius 3 is 2.83 bits per heavy atom. The quantitative estimate of drug-likeness (QED) is 0.763. The van der Waals surface area contributed by atoms with Crippen LogP contribution in [-0.2, 0) is 0 Å². The molecule has 1 aromatic rings. The molecule has 1 aromatic heterocycles. The van der Waals surface area contributed by atoms with E-state index < -0.39 is 0 Å². The smallest absolute Gasteiger partial charge is 0.109 e.